The van der Waals surface area contributed by atoms with E-state index in [0.29, 0.717) is 12.1 Å². The number of carbonyl (C=O) groups is 1. The molecule has 1 unspecified atom stereocenters. The zero-order valence-electron chi connectivity index (χ0n) is 9.30. The van der Waals surface area contributed by atoms with Gasteiger partial charge in [-0.2, -0.15) is 0 Å². The van der Waals surface area contributed by atoms with Crippen LogP contribution in [0.25, 0.3) is 0 Å². The second-order valence-corrected chi connectivity index (χ2v) is 3.74. The van der Waals surface area contributed by atoms with E-state index in [-0.39, 0.29) is 11.9 Å². The molecule has 1 amide bonds. The van der Waals surface area contributed by atoms with Crippen LogP contribution in [0.1, 0.15) is 22.0 Å². The molecule has 4 heteroatoms. The fourth-order valence-corrected chi connectivity index (χ4v) is 1.52. The minimum atomic E-state index is -0.202. The summed E-state index contributed by atoms with van der Waals surface area (Å²) in [6.45, 7) is 0.397. The molecule has 0 aliphatic heterocycles. The van der Waals surface area contributed by atoms with Crippen LogP contribution in [-0.2, 0) is 0 Å². The van der Waals surface area contributed by atoms with E-state index in [4.69, 9.17) is 10.2 Å². The van der Waals surface area contributed by atoms with Crippen LogP contribution in [-0.4, -0.2) is 12.5 Å². The minimum absolute atomic E-state index is 0.176. The lowest BCUT2D eigenvalue weighted by molar-refractivity contribution is 0.0950. The summed E-state index contributed by atoms with van der Waals surface area (Å²) < 4.78 is 4.83. The van der Waals surface area contributed by atoms with Crippen molar-refractivity contribution in [2.45, 2.75) is 6.04 Å². The molecule has 0 saturated carbocycles. The Bertz CT molecular complexity index is 465. The molecular weight excluding hydrogens is 216 g/mol. The van der Waals surface area contributed by atoms with Crippen LogP contribution >= 0.6 is 0 Å². The van der Waals surface area contributed by atoms with Crippen molar-refractivity contribution in [3.8, 4) is 0 Å². The van der Waals surface area contributed by atoms with Gasteiger partial charge in [-0.1, -0.05) is 30.3 Å². The van der Waals surface area contributed by atoms with Crippen molar-refractivity contribution in [1.29, 1.82) is 0 Å². The van der Waals surface area contributed by atoms with Crippen molar-refractivity contribution in [3.05, 3.63) is 60.1 Å². The van der Waals surface area contributed by atoms with E-state index in [1.165, 1.54) is 12.5 Å². The molecule has 0 spiro atoms. The Morgan fingerprint density at radius 2 is 2.06 bits per heavy atom. The molecule has 1 aromatic heterocycles. The summed E-state index contributed by atoms with van der Waals surface area (Å²) in [5, 5.41) is 2.76. The molecule has 2 aromatic rings. The molecule has 4 nitrogen and oxygen atoms in total. The first-order valence-corrected chi connectivity index (χ1v) is 5.38. The number of amides is 1. The van der Waals surface area contributed by atoms with Crippen molar-refractivity contribution in [1.82, 2.24) is 5.32 Å². The van der Waals surface area contributed by atoms with Gasteiger partial charge in [0.05, 0.1) is 11.8 Å². The Morgan fingerprint density at radius 1 is 1.29 bits per heavy atom. The van der Waals surface area contributed by atoms with Gasteiger partial charge in [0.15, 0.2) is 0 Å². The number of nitrogens with one attached hydrogen (secondary N) is 1. The molecule has 0 bridgehead atoms. The monoisotopic (exact) mass is 230 g/mol. The molecule has 1 heterocycles. The van der Waals surface area contributed by atoms with Crippen LogP contribution in [0.15, 0.2) is 53.3 Å². The van der Waals surface area contributed by atoms with Crippen LogP contribution < -0.4 is 11.1 Å². The van der Waals surface area contributed by atoms with Crippen molar-refractivity contribution in [2.24, 2.45) is 5.73 Å². The zero-order valence-corrected chi connectivity index (χ0v) is 9.30. The van der Waals surface area contributed by atoms with E-state index >= 15 is 0 Å². The molecule has 0 aliphatic rings. The SMILES string of the molecule is NC(CNC(=O)c1ccoc1)c1ccccc1. The standard InChI is InChI=1S/C13H14N2O2/c14-12(10-4-2-1-3-5-10)8-15-13(16)11-6-7-17-9-11/h1-7,9,12H,8,14H2,(H,15,16). The Hall–Kier alpha value is -2.07. The number of hydrogen-bond donors (Lipinski definition) is 2. The first-order chi connectivity index (χ1) is 8.27. The highest BCUT2D eigenvalue weighted by Gasteiger charge is 2.09. The van der Waals surface area contributed by atoms with Crippen LogP contribution in [0.3, 0.4) is 0 Å². The molecule has 0 fully saturated rings. The summed E-state index contributed by atoms with van der Waals surface area (Å²) in [6, 6.07) is 11.1. The normalized spacial score (nSPS) is 12.1. The number of hydrogen-bond acceptors (Lipinski definition) is 3. The quantitative estimate of drug-likeness (QED) is 0.840. The van der Waals surface area contributed by atoms with Gasteiger partial charge in [-0.05, 0) is 11.6 Å². The van der Waals surface area contributed by atoms with Gasteiger partial charge >= 0.3 is 0 Å². The molecule has 0 radical (unpaired) electrons. The third-order valence-corrected chi connectivity index (χ3v) is 2.49. The Morgan fingerprint density at radius 3 is 2.71 bits per heavy atom. The third kappa shape index (κ3) is 2.95. The van der Waals surface area contributed by atoms with Crippen LogP contribution in [0.5, 0.6) is 0 Å². The van der Waals surface area contributed by atoms with Gasteiger partial charge in [0.1, 0.15) is 6.26 Å². The maximum atomic E-state index is 11.6. The highest BCUT2D eigenvalue weighted by atomic mass is 16.3. The van der Waals surface area contributed by atoms with E-state index in [2.05, 4.69) is 5.32 Å². The van der Waals surface area contributed by atoms with E-state index in [1.54, 1.807) is 6.07 Å². The van der Waals surface area contributed by atoms with Crippen molar-refractivity contribution >= 4 is 5.91 Å². The summed E-state index contributed by atoms with van der Waals surface area (Å²) in [5.74, 6) is -0.176. The Kier molecular flexibility index (Phi) is 3.57. The summed E-state index contributed by atoms with van der Waals surface area (Å²) in [4.78, 5) is 11.6. The molecular formula is C13H14N2O2. The van der Waals surface area contributed by atoms with Gasteiger partial charge in [0, 0.05) is 12.6 Å². The highest BCUT2D eigenvalue weighted by molar-refractivity contribution is 5.93. The molecule has 1 aromatic carbocycles. The van der Waals surface area contributed by atoms with Gasteiger partial charge in [0.25, 0.3) is 5.91 Å². The van der Waals surface area contributed by atoms with E-state index in [0.717, 1.165) is 5.56 Å². The van der Waals surface area contributed by atoms with E-state index in [1.807, 2.05) is 30.3 Å². The lowest BCUT2D eigenvalue weighted by Crippen LogP contribution is -2.31. The van der Waals surface area contributed by atoms with E-state index in [9.17, 15) is 4.79 Å². The maximum absolute atomic E-state index is 11.6. The molecule has 3 N–H and O–H groups in total. The predicted molar refractivity (Wildman–Crippen MR) is 64.4 cm³/mol. The second kappa shape index (κ2) is 5.32. The summed E-state index contributed by atoms with van der Waals surface area (Å²) >= 11 is 0. The fourth-order valence-electron chi connectivity index (χ4n) is 1.52. The zero-order chi connectivity index (χ0) is 12.1. The largest absolute Gasteiger partial charge is 0.472 e. The smallest absolute Gasteiger partial charge is 0.254 e. The maximum Gasteiger partial charge on any atom is 0.254 e. The Balaban J connectivity index is 1.89. The van der Waals surface area contributed by atoms with Gasteiger partial charge in [-0.3, -0.25) is 4.79 Å². The van der Waals surface area contributed by atoms with Crippen LogP contribution in [0.2, 0.25) is 0 Å². The predicted octanol–water partition coefficient (Wildman–Crippen LogP) is 1.71. The summed E-state index contributed by atoms with van der Waals surface area (Å²) in [6.07, 6.45) is 2.87. The fraction of sp³-hybridized carbons (Fsp3) is 0.154. The molecule has 1 atom stereocenters. The topological polar surface area (TPSA) is 68.3 Å². The molecule has 0 aliphatic carbocycles. The lowest BCUT2D eigenvalue weighted by atomic mass is 10.1. The van der Waals surface area contributed by atoms with Crippen molar-refractivity contribution in [3.63, 3.8) is 0 Å². The first-order valence-electron chi connectivity index (χ1n) is 5.38. The Labute approximate surface area is 99.4 Å². The second-order valence-electron chi connectivity index (χ2n) is 3.74. The average molecular weight is 230 g/mol. The van der Waals surface area contributed by atoms with Crippen LogP contribution in [0, 0.1) is 0 Å². The van der Waals surface area contributed by atoms with Gasteiger partial charge in [-0.15, -0.1) is 0 Å². The summed E-state index contributed by atoms with van der Waals surface area (Å²) in [7, 11) is 0. The first kappa shape index (κ1) is 11.4. The third-order valence-electron chi connectivity index (χ3n) is 2.49. The number of rotatable bonds is 4. The molecule has 17 heavy (non-hydrogen) atoms. The molecule has 2 rings (SSSR count). The number of benzene rings is 1. The molecule has 0 saturated heterocycles. The molecule has 88 valence electrons. The van der Waals surface area contributed by atoms with Gasteiger partial charge in [0.2, 0.25) is 0 Å². The number of furan rings is 1. The van der Waals surface area contributed by atoms with Gasteiger partial charge < -0.3 is 15.5 Å². The van der Waals surface area contributed by atoms with Crippen molar-refractivity contribution in [2.75, 3.05) is 6.54 Å². The highest BCUT2D eigenvalue weighted by Crippen LogP contribution is 2.08. The lowest BCUT2D eigenvalue weighted by Gasteiger charge is -2.12. The average Bonchev–Trinajstić information content (AvgIpc) is 2.90. The van der Waals surface area contributed by atoms with Crippen LogP contribution in [0.4, 0.5) is 0 Å². The van der Waals surface area contributed by atoms with Gasteiger partial charge in [-0.25, -0.2) is 0 Å². The number of carbonyl (C=O) groups excluding carboxylic acids is 1. The summed E-state index contributed by atoms with van der Waals surface area (Å²) in [5.41, 5.74) is 7.46. The van der Waals surface area contributed by atoms with Crippen molar-refractivity contribution < 1.29 is 9.21 Å². The van der Waals surface area contributed by atoms with E-state index < -0.39 is 0 Å². The number of nitrogens with two attached hydrogens (primary N) is 1. The minimum Gasteiger partial charge on any atom is -0.472 e.